The van der Waals surface area contributed by atoms with Crippen molar-refractivity contribution in [1.82, 2.24) is 9.91 Å². The lowest BCUT2D eigenvalue weighted by atomic mass is 9.76. The Labute approximate surface area is 218 Å². The van der Waals surface area contributed by atoms with Crippen LogP contribution < -0.4 is 9.47 Å². The van der Waals surface area contributed by atoms with Crippen molar-refractivity contribution in [2.24, 2.45) is 16.9 Å². The van der Waals surface area contributed by atoms with Crippen molar-refractivity contribution in [2.45, 2.75) is 25.9 Å². The number of allylic oxidation sites excluding steroid dienone is 2. The number of hydrazone groups is 1. The predicted octanol–water partition coefficient (Wildman–Crippen LogP) is 3.26. The van der Waals surface area contributed by atoms with E-state index < -0.39 is 9.84 Å². The summed E-state index contributed by atoms with van der Waals surface area (Å²) in [5, 5.41) is 6.49. The minimum absolute atomic E-state index is 0.0302. The van der Waals surface area contributed by atoms with Crippen molar-refractivity contribution >= 4 is 21.5 Å². The number of benzene rings is 2. The van der Waals surface area contributed by atoms with Gasteiger partial charge in [-0.15, -0.1) is 0 Å². The molecule has 37 heavy (non-hydrogen) atoms. The number of nitrogens with zero attached hydrogens (tertiary/aromatic N) is 3. The molecule has 1 fully saturated rings. The van der Waals surface area contributed by atoms with Gasteiger partial charge < -0.3 is 9.47 Å². The molecule has 0 saturated carbocycles. The fourth-order valence-corrected chi connectivity index (χ4v) is 6.58. The minimum Gasteiger partial charge on any atom is -0.493 e. The molecule has 2 aliphatic heterocycles. The highest BCUT2D eigenvalue weighted by molar-refractivity contribution is 7.91. The van der Waals surface area contributed by atoms with E-state index in [1.165, 1.54) is 0 Å². The number of ether oxygens (including phenoxy) is 2. The van der Waals surface area contributed by atoms with Gasteiger partial charge in [0.15, 0.2) is 21.3 Å². The summed E-state index contributed by atoms with van der Waals surface area (Å²) in [5.74, 6) is 1.68. The third-order valence-corrected chi connectivity index (χ3v) is 9.07. The van der Waals surface area contributed by atoms with Gasteiger partial charge in [-0.05, 0) is 42.2 Å². The first-order valence-electron chi connectivity index (χ1n) is 12.6. The topological polar surface area (TPSA) is 88.5 Å². The zero-order valence-corrected chi connectivity index (χ0v) is 22.1. The van der Waals surface area contributed by atoms with Crippen LogP contribution in [0, 0.1) is 11.8 Å². The fraction of sp³-hybridized carbons (Fsp3) is 0.429. The van der Waals surface area contributed by atoms with Crippen LogP contribution in [0.15, 0.2) is 59.7 Å². The van der Waals surface area contributed by atoms with Gasteiger partial charge in [0, 0.05) is 31.1 Å². The molecule has 1 saturated heterocycles. The van der Waals surface area contributed by atoms with Gasteiger partial charge in [-0.3, -0.25) is 9.69 Å². The van der Waals surface area contributed by atoms with Crippen LogP contribution in [0.25, 0.3) is 0 Å². The van der Waals surface area contributed by atoms with Crippen LogP contribution in [-0.4, -0.2) is 68.8 Å². The normalized spacial score (nSPS) is 23.4. The van der Waals surface area contributed by atoms with E-state index in [0.717, 1.165) is 35.4 Å². The Bertz CT molecular complexity index is 1310. The van der Waals surface area contributed by atoms with Crippen LogP contribution in [0.5, 0.6) is 11.5 Å². The van der Waals surface area contributed by atoms with E-state index >= 15 is 0 Å². The Balaban J connectivity index is 1.35. The predicted molar refractivity (Wildman–Crippen MR) is 142 cm³/mol. The molecule has 2 atom stereocenters. The summed E-state index contributed by atoms with van der Waals surface area (Å²) in [7, 11) is 0.340. The van der Waals surface area contributed by atoms with Gasteiger partial charge in [-0.25, -0.2) is 13.4 Å². The molecule has 9 heteroatoms. The second kappa shape index (κ2) is 10.7. The van der Waals surface area contributed by atoms with Crippen molar-refractivity contribution in [2.75, 3.05) is 38.8 Å². The molecule has 3 aliphatic rings. The van der Waals surface area contributed by atoms with Crippen molar-refractivity contribution in [3.05, 3.63) is 71.3 Å². The third-order valence-electron chi connectivity index (χ3n) is 7.46. The maximum Gasteiger partial charge on any atom is 0.247 e. The van der Waals surface area contributed by atoms with Crippen molar-refractivity contribution < 1.29 is 22.7 Å². The van der Waals surface area contributed by atoms with Gasteiger partial charge in [0.2, 0.25) is 5.91 Å². The number of amides is 1. The highest BCUT2D eigenvalue weighted by atomic mass is 32.2. The molecule has 0 radical (unpaired) electrons. The molecule has 2 heterocycles. The van der Waals surface area contributed by atoms with Crippen molar-refractivity contribution in [3.8, 4) is 11.5 Å². The summed E-state index contributed by atoms with van der Waals surface area (Å²) < 4.78 is 34.3. The zero-order valence-electron chi connectivity index (χ0n) is 21.3. The van der Waals surface area contributed by atoms with E-state index in [9.17, 15) is 13.2 Å². The Morgan fingerprint density at radius 3 is 2.14 bits per heavy atom. The molecule has 0 N–H and O–H groups in total. The Morgan fingerprint density at radius 2 is 1.49 bits per heavy atom. The number of fused-ring (bicyclic) bond motifs is 1. The van der Waals surface area contributed by atoms with Crippen molar-refractivity contribution in [1.29, 1.82) is 0 Å². The molecule has 2 aromatic rings. The van der Waals surface area contributed by atoms with Gasteiger partial charge in [0.05, 0.1) is 43.9 Å². The van der Waals surface area contributed by atoms with Crippen molar-refractivity contribution in [3.63, 3.8) is 0 Å². The van der Waals surface area contributed by atoms with Crippen LogP contribution in [0.2, 0.25) is 0 Å². The molecule has 0 aromatic heterocycles. The van der Waals surface area contributed by atoms with Gasteiger partial charge in [-0.2, -0.15) is 5.10 Å². The second-order valence-electron chi connectivity index (χ2n) is 9.85. The fourth-order valence-electron chi connectivity index (χ4n) is 5.30. The molecule has 0 bridgehead atoms. The van der Waals surface area contributed by atoms with Gasteiger partial charge in [-0.1, -0.05) is 36.4 Å². The summed E-state index contributed by atoms with van der Waals surface area (Å²) in [5.41, 5.74) is 3.95. The van der Waals surface area contributed by atoms with E-state index in [2.05, 4.69) is 29.2 Å². The molecule has 1 amide bonds. The quantitative estimate of drug-likeness (QED) is 0.518. The Morgan fingerprint density at radius 1 is 0.865 bits per heavy atom. The first kappa shape index (κ1) is 25.5. The number of carbonyl (C=O) groups excluding carboxylic acids is 1. The molecule has 5 rings (SSSR count). The minimum atomic E-state index is -2.89. The Kier molecular flexibility index (Phi) is 7.35. The maximum atomic E-state index is 13.4. The van der Waals surface area contributed by atoms with Gasteiger partial charge in [0.25, 0.3) is 0 Å². The van der Waals surface area contributed by atoms with E-state index in [-0.39, 0.29) is 29.2 Å². The number of methoxy groups -OCH3 is 2. The standard InChI is InChI=1S/C28H33N3O5S/c1-35-25-12-11-22(17-26(25)36-2)27-23-5-3-4-6-24(23)28(32)31(29-27)19-21-9-7-20(8-10-21)18-30-13-15-37(33,34)16-14-30/h3-4,7-12,17,23-24H,5-6,13-16,18-19H2,1-2H3/t23-,24+/m1/s1. The summed E-state index contributed by atoms with van der Waals surface area (Å²) in [6.45, 7) is 2.24. The average molecular weight is 524 g/mol. The smallest absolute Gasteiger partial charge is 0.247 e. The zero-order chi connectivity index (χ0) is 26.0. The summed E-state index contributed by atoms with van der Waals surface area (Å²) in [6.07, 6.45) is 5.72. The third kappa shape index (κ3) is 5.57. The first-order chi connectivity index (χ1) is 17.9. The molecular weight excluding hydrogens is 490 g/mol. The molecule has 196 valence electrons. The number of carbonyl (C=O) groups is 1. The summed E-state index contributed by atoms with van der Waals surface area (Å²) in [4.78, 5) is 15.6. The van der Waals surface area contributed by atoms with Gasteiger partial charge in [0.1, 0.15) is 0 Å². The van der Waals surface area contributed by atoms with Gasteiger partial charge >= 0.3 is 0 Å². The molecule has 8 nitrogen and oxygen atoms in total. The van der Waals surface area contributed by atoms with E-state index in [1.807, 2.05) is 30.3 Å². The lowest BCUT2D eigenvalue weighted by Crippen LogP contribution is -2.45. The maximum absolute atomic E-state index is 13.4. The number of rotatable bonds is 7. The summed E-state index contributed by atoms with van der Waals surface area (Å²) in [6, 6.07) is 14.0. The average Bonchev–Trinajstić information content (AvgIpc) is 2.92. The SMILES string of the molecule is COc1ccc(C2=NN(Cc3ccc(CN4CCS(=O)(=O)CC4)cc3)C(=O)[C@H]3CC=CC[C@@H]23)cc1OC. The van der Waals surface area contributed by atoms with E-state index in [1.54, 1.807) is 19.2 Å². The second-order valence-corrected chi connectivity index (χ2v) is 12.2. The lowest BCUT2D eigenvalue weighted by molar-refractivity contribution is -0.138. The summed E-state index contributed by atoms with van der Waals surface area (Å²) >= 11 is 0. The largest absolute Gasteiger partial charge is 0.493 e. The van der Waals surface area contributed by atoms with Crippen LogP contribution in [0.3, 0.4) is 0 Å². The first-order valence-corrected chi connectivity index (χ1v) is 14.5. The van der Waals surface area contributed by atoms with E-state index in [4.69, 9.17) is 14.6 Å². The Hall–Kier alpha value is -3.17. The van der Waals surface area contributed by atoms with E-state index in [0.29, 0.717) is 37.6 Å². The molecule has 0 unspecified atom stereocenters. The molecular formula is C28H33N3O5S. The van der Waals surface area contributed by atoms with Crippen LogP contribution in [0.4, 0.5) is 0 Å². The van der Waals surface area contributed by atoms with Crippen LogP contribution >= 0.6 is 0 Å². The van der Waals surface area contributed by atoms with Crippen LogP contribution in [0.1, 0.15) is 29.5 Å². The number of sulfone groups is 1. The number of hydrogen-bond donors (Lipinski definition) is 0. The lowest BCUT2D eigenvalue weighted by Gasteiger charge is -2.37. The molecule has 2 aromatic carbocycles. The van der Waals surface area contributed by atoms with Crippen LogP contribution in [-0.2, 0) is 27.7 Å². The molecule has 1 aliphatic carbocycles. The number of hydrogen-bond acceptors (Lipinski definition) is 7. The highest BCUT2D eigenvalue weighted by Crippen LogP contribution is 2.37. The highest BCUT2D eigenvalue weighted by Gasteiger charge is 2.40. The monoisotopic (exact) mass is 523 g/mol. The molecule has 0 spiro atoms.